The Morgan fingerprint density at radius 1 is 1.09 bits per heavy atom. The van der Waals surface area contributed by atoms with Crippen LogP contribution in [0.25, 0.3) is 0 Å². The average Bonchev–Trinajstić information content (AvgIpc) is 2.77. The fourth-order valence-corrected chi connectivity index (χ4v) is 4.61. The third-order valence-electron chi connectivity index (χ3n) is 5.37. The molecule has 1 N–H and O–H groups in total. The first-order valence-electron chi connectivity index (χ1n) is 11.3. The zero-order chi connectivity index (χ0) is 25.5. The standard InChI is InChI=1S/C25H34BrN3O4S/c1-6-23(25(31)27-15-18(2)3)28(16-20-10-8-7-9-11-20)24(30)17-29(34(5,32)33)21-12-13-22(26)19(4)14-21/h7-14,18,23H,6,15-17H2,1-5H3,(H,27,31)/t23-/m0/s1. The Morgan fingerprint density at radius 3 is 2.26 bits per heavy atom. The van der Waals surface area contributed by atoms with Gasteiger partial charge in [0.05, 0.1) is 11.9 Å². The maximum absolute atomic E-state index is 13.6. The number of sulfonamides is 1. The highest BCUT2D eigenvalue weighted by atomic mass is 79.9. The van der Waals surface area contributed by atoms with Gasteiger partial charge in [0.2, 0.25) is 21.8 Å². The smallest absolute Gasteiger partial charge is 0.244 e. The van der Waals surface area contributed by atoms with E-state index in [0.29, 0.717) is 18.7 Å². The van der Waals surface area contributed by atoms with Crippen molar-refractivity contribution in [3.05, 3.63) is 64.1 Å². The summed E-state index contributed by atoms with van der Waals surface area (Å²) in [4.78, 5) is 28.1. The number of carbonyl (C=O) groups is 2. The maximum atomic E-state index is 13.6. The van der Waals surface area contributed by atoms with Gasteiger partial charge in [-0.25, -0.2) is 8.42 Å². The van der Waals surface area contributed by atoms with E-state index in [2.05, 4.69) is 21.2 Å². The topological polar surface area (TPSA) is 86.8 Å². The number of carbonyl (C=O) groups excluding carboxylic acids is 2. The third-order valence-corrected chi connectivity index (χ3v) is 7.41. The van der Waals surface area contributed by atoms with Gasteiger partial charge in [-0.15, -0.1) is 0 Å². The highest BCUT2D eigenvalue weighted by molar-refractivity contribution is 9.10. The van der Waals surface area contributed by atoms with Crippen molar-refractivity contribution in [2.24, 2.45) is 5.92 Å². The highest BCUT2D eigenvalue weighted by Crippen LogP contribution is 2.25. The molecule has 0 unspecified atom stereocenters. The van der Waals surface area contributed by atoms with E-state index < -0.39 is 28.5 Å². The lowest BCUT2D eigenvalue weighted by Crippen LogP contribution is -2.52. The molecule has 0 aliphatic carbocycles. The third kappa shape index (κ3) is 7.84. The summed E-state index contributed by atoms with van der Waals surface area (Å²) in [6.07, 6.45) is 1.48. The van der Waals surface area contributed by atoms with Crippen LogP contribution >= 0.6 is 15.9 Å². The molecular formula is C25H34BrN3O4S. The van der Waals surface area contributed by atoms with E-state index in [9.17, 15) is 18.0 Å². The first kappa shape index (κ1) is 27.9. The van der Waals surface area contributed by atoms with Gasteiger partial charge < -0.3 is 10.2 Å². The van der Waals surface area contributed by atoms with Gasteiger partial charge in [-0.2, -0.15) is 0 Å². The lowest BCUT2D eigenvalue weighted by molar-refractivity contribution is -0.140. The summed E-state index contributed by atoms with van der Waals surface area (Å²) in [6.45, 7) is 7.99. The lowest BCUT2D eigenvalue weighted by atomic mass is 10.1. The minimum absolute atomic E-state index is 0.199. The summed E-state index contributed by atoms with van der Waals surface area (Å²) in [5.41, 5.74) is 2.10. The van der Waals surface area contributed by atoms with Crippen LogP contribution in [0.1, 0.15) is 38.3 Å². The number of amides is 2. The van der Waals surface area contributed by atoms with Crippen LogP contribution in [0.4, 0.5) is 5.69 Å². The van der Waals surface area contributed by atoms with Gasteiger partial charge in [-0.3, -0.25) is 13.9 Å². The summed E-state index contributed by atoms with van der Waals surface area (Å²) >= 11 is 3.42. The molecule has 34 heavy (non-hydrogen) atoms. The van der Waals surface area contributed by atoms with Crippen LogP contribution in [-0.2, 0) is 26.2 Å². The van der Waals surface area contributed by atoms with Crippen molar-refractivity contribution < 1.29 is 18.0 Å². The van der Waals surface area contributed by atoms with Gasteiger partial charge >= 0.3 is 0 Å². The molecule has 0 saturated carbocycles. The molecule has 9 heteroatoms. The molecule has 0 aliphatic heterocycles. The summed E-state index contributed by atoms with van der Waals surface area (Å²) < 4.78 is 27.2. The Bertz CT molecular complexity index is 1090. The van der Waals surface area contributed by atoms with Gasteiger partial charge in [0.25, 0.3) is 0 Å². The van der Waals surface area contributed by atoms with Gasteiger partial charge in [0.15, 0.2) is 0 Å². The quantitative estimate of drug-likeness (QED) is 0.455. The minimum Gasteiger partial charge on any atom is -0.354 e. The number of benzene rings is 2. The summed E-state index contributed by atoms with van der Waals surface area (Å²) in [5.74, 6) is -0.423. The average molecular weight is 553 g/mol. The molecule has 1 atom stereocenters. The predicted octanol–water partition coefficient (Wildman–Crippen LogP) is 4.10. The van der Waals surface area contributed by atoms with Crippen LogP contribution < -0.4 is 9.62 Å². The van der Waals surface area contributed by atoms with Gasteiger partial charge in [0, 0.05) is 17.6 Å². The molecule has 0 heterocycles. The number of nitrogens with one attached hydrogen (secondary N) is 1. The molecule has 0 radical (unpaired) electrons. The number of hydrogen-bond acceptors (Lipinski definition) is 4. The second-order valence-corrected chi connectivity index (χ2v) is 11.5. The summed E-state index contributed by atoms with van der Waals surface area (Å²) in [6, 6.07) is 13.8. The first-order chi connectivity index (χ1) is 15.9. The zero-order valence-corrected chi connectivity index (χ0v) is 22.8. The number of hydrogen-bond donors (Lipinski definition) is 1. The van der Waals surface area contributed by atoms with Crippen LogP contribution in [-0.4, -0.2) is 50.5 Å². The molecule has 0 fully saturated rings. The fraction of sp³-hybridized carbons (Fsp3) is 0.440. The second-order valence-electron chi connectivity index (χ2n) is 8.77. The largest absolute Gasteiger partial charge is 0.354 e. The highest BCUT2D eigenvalue weighted by Gasteiger charge is 2.31. The van der Waals surface area contributed by atoms with E-state index in [-0.39, 0.29) is 18.4 Å². The number of rotatable bonds is 11. The van der Waals surface area contributed by atoms with Gasteiger partial charge in [-0.05, 0) is 48.6 Å². The van der Waals surface area contributed by atoms with E-state index in [4.69, 9.17) is 0 Å². The van der Waals surface area contributed by atoms with Crippen molar-refractivity contribution in [2.45, 2.75) is 46.7 Å². The predicted molar refractivity (Wildman–Crippen MR) is 140 cm³/mol. The van der Waals surface area contributed by atoms with Crippen molar-refractivity contribution in [2.75, 3.05) is 23.7 Å². The van der Waals surface area contributed by atoms with Crippen molar-refractivity contribution in [3.63, 3.8) is 0 Å². The molecular weight excluding hydrogens is 518 g/mol. The number of aryl methyl sites for hydroxylation is 1. The maximum Gasteiger partial charge on any atom is 0.244 e. The molecule has 0 aliphatic rings. The molecule has 186 valence electrons. The zero-order valence-electron chi connectivity index (χ0n) is 20.4. The molecule has 2 aromatic carbocycles. The number of nitrogens with zero attached hydrogens (tertiary/aromatic N) is 2. The Hall–Kier alpha value is -2.39. The molecule has 2 rings (SSSR count). The molecule has 0 bridgehead atoms. The van der Waals surface area contributed by atoms with Crippen LogP contribution in [0.3, 0.4) is 0 Å². The van der Waals surface area contributed by atoms with Crippen molar-refractivity contribution in [3.8, 4) is 0 Å². The van der Waals surface area contributed by atoms with Crippen LogP contribution in [0.5, 0.6) is 0 Å². The van der Waals surface area contributed by atoms with E-state index in [1.54, 1.807) is 18.2 Å². The monoisotopic (exact) mass is 551 g/mol. The molecule has 2 aromatic rings. The van der Waals surface area contributed by atoms with Crippen LogP contribution in [0, 0.1) is 12.8 Å². The molecule has 0 aromatic heterocycles. The molecule has 7 nitrogen and oxygen atoms in total. The fourth-order valence-electron chi connectivity index (χ4n) is 3.52. The van der Waals surface area contributed by atoms with E-state index in [1.807, 2.05) is 58.0 Å². The van der Waals surface area contributed by atoms with Crippen molar-refractivity contribution in [1.82, 2.24) is 10.2 Å². The number of anilines is 1. The minimum atomic E-state index is -3.75. The number of halogens is 1. The molecule has 0 saturated heterocycles. The molecule has 0 spiro atoms. The Kier molecular flexibility index (Phi) is 10.1. The van der Waals surface area contributed by atoms with E-state index in [1.165, 1.54) is 4.90 Å². The summed E-state index contributed by atoms with van der Waals surface area (Å²) in [7, 11) is -3.75. The summed E-state index contributed by atoms with van der Waals surface area (Å²) in [5, 5.41) is 2.91. The van der Waals surface area contributed by atoms with Crippen LogP contribution in [0.2, 0.25) is 0 Å². The van der Waals surface area contributed by atoms with E-state index in [0.717, 1.165) is 26.2 Å². The normalized spacial score (nSPS) is 12.3. The second kappa shape index (κ2) is 12.4. The first-order valence-corrected chi connectivity index (χ1v) is 13.9. The van der Waals surface area contributed by atoms with Crippen molar-refractivity contribution >= 4 is 43.5 Å². The SMILES string of the molecule is CC[C@@H](C(=O)NCC(C)C)N(Cc1ccccc1)C(=O)CN(c1ccc(Br)c(C)c1)S(C)(=O)=O. The Labute approximate surface area is 211 Å². The lowest BCUT2D eigenvalue weighted by Gasteiger charge is -2.33. The van der Waals surface area contributed by atoms with Gasteiger partial charge in [-0.1, -0.05) is 67.0 Å². The Balaban J connectivity index is 2.41. The van der Waals surface area contributed by atoms with Gasteiger partial charge in [0.1, 0.15) is 12.6 Å². The van der Waals surface area contributed by atoms with Crippen LogP contribution in [0.15, 0.2) is 53.0 Å². The molecule has 2 amide bonds. The van der Waals surface area contributed by atoms with Crippen molar-refractivity contribution in [1.29, 1.82) is 0 Å². The van der Waals surface area contributed by atoms with E-state index >= 15 is 0 Å². The Morgan fingerprint density at radius 2 is 1.74 bits per heavy atom.